The molecule has 0 fully saturated rings. The predicted molar refractivity (Wildman–Crippen MR) is 77.7 cm³/mol. The maximum atomic E-state index is 4.45. The Labute approximate surface area is 126 Å². The number of nitrogens with zero attached hydrogens (tertiary/aromatic N) is 2. The summed E-state index contributed by atoms with van der Waals surface area (Å²) in [5.41, 5.74) is 4.49. The molecule has 0 unspecified atom stereocenters. The van der Waals surface area contributed by atoms with Crippen LogP contribution in [0.15, 0.2) is 50.3 Å². The summed E-state index contributed by atoms with van der Waals surface area (Å²) in [6.45, 7) is 11.5. The van der Waals surface area contributed by atoms with E-state index in [-0.39, 0.29) is 19.5 Å². The van der Waals surface area contributed by atoms with Crippen molar-refractivity contribution in [3.63, 3.8) is 0 Å². The van der Waals surface area contributed by atoms with Gasteiger partial charge in [0, 0.05) is 43.0 Å². The maximum Gasteiger partial charge on any atom is 0.0964 e. The Hall–Kier alpha value is -1.86. The summed E-state index contributed by atoms with van der Waals surface area (Å²) < 4.78 is 0. The van der Waals surface area contributed by atoms with Crippen molar-refractivity contribution in [2.24, 2.45) is 0 Å². The van der Waals surface area contributed by atoms with Gasteiger partial charge in [0.15, 0.2) is 0 Å². The molecule has 96 valence electrons. The van der Waals surface area contributed by atoms with Crippen molar-refractivity contribution in [2.45, 2.75) is 0 Å². The van der Waals surface area contributed by atoms with E-state index in [1.807, 2.05) is 18.2 Å². The number of rotatable bonds is 4. The normalized spacial score (nSPS) is 9.26. The van der Waals surface area contributed by atoms with E-state index in [1.54, 1.807) is 30.6 Å². The molecule has 0 aliphatic rings. The van der Waals surface area contributed by atoms with Crippen molar-refractivity contribution >= 4 is 18.2 Å². The van der Waals surface area contributed by atoms with Crippen LogP contribution in [-0.4, -0.2) is 9.97 Å². The first kappa shape index (κ1) is 15.2. The van der Waals surface area contributed by atoms with E-state index >= 15 is 0 Å². The van der Waals surface area contributed by atoms with Crippen LogP contribution in [0.3, 0.4) is 0 Å². The summed E-state index contributed by atoms with van der Waals surface area (Å²) in [7, 11) is 0. The number of aromatic nitrogens is 2. The van der Waals surface area contributed by atoms with Crippen molar-refractivity contribution in [1.29, 1.82) is 0 Å². The summed E-state index contributed by atoms with van der Waals surface area (Å²) >= 11 is 0. The van der Waals surface area contributed by atoms with E-state index < -0.39 is 0 Å². The molecule has 0 amide bonds. The van der Waals surface area contributed by atoms with Crippen LogP contribution in [-0.2, 0) is 19.5 Å². The molecule has 2 aromatic rings. The topological polar surface area (TPSA) is 25.8 Å². The third-order valence-corrected chi connectivity index (χ3v) is 2.72. The fourth-order valence-corrected chi connectivity index (χ4v) is 1.86. The van der Waals surface area contributed by atoms with Crippen LogP contribution < -0.4 is 0 Å². The summed E-state index contributed by atoms with van der Waals surface area (Å²) in [4.78, 5) is 8.76. The fraction of sp³-hybridized carbons (Fsp3) is 0. The van der Waals surface area contributed by atoms with E-state index in [4.69, 9.17) is 0 Å². The Morgan fingerprint density at radius 3 is 2.16 bits per heavy atom. The van der Waals surface area contributed by atoms with Gasteiger partial charge in [-0.2, -0.15) is 0 Å². The fourth-order valence-electron chi connectivity index (χ4n) is 1.86. The molecule has 0 bridgehead atoms. The van der Waals surface area contributed by atoms with Gasteiger partial charge in [-0.1, -0.05) is 44.0 Å². The predicted octanol–water partition coefficient (Wildman–Crippen LogP) is 4.07. The third kappa shape index (κ3) is 2.94. The van der Waals surface area contributed by atoms with Gasteiger partial charge in [-0.05, 0) is 17.7 Å². The van der Waals surface area contributed by atoms with Gasteiger partial charge in [0.1, 0.15) is 0 Å². The molecule has 0 radical (unpaired) electrons. The zero-order valence-electron chi connectivity index (χ0n) is 10.5. The molecule has 0 N–H and O–H groups in total. The summed E-state index contributed by atoms with van der Waals surface area (Å²) in [6, 6.07) is 5.74. The molecule has 2 heterocycles. The molecule has 19 heavy (non-hydrogen) atoms. The Kier molecular flexibility index (Phi) is 5.53. The average Bonchev–Trinajstić information content (AvgIpc) is 2.46. The van der Waals surface area contributed by atoms with Crippen molar-refractivity contribution in [3.05, 3.63) is 67.0 Å². The standard InChI is InChI=1S/C16H14N2.Ru/c1-4-12-11-18-16(14(6-3)13(12)5-2)15-9-7-8-10-17-15;/h4-11H,1-3H2;. The summed E-state index contributed by atoms with van der Waals surface area (Å²) in [5.74, 6) is 0. The van der Waals surface area contributed by atoms with Gasteiger partial charge in [0.25, 0.3) is 0 Å². The van der Waals surface area contributed by atoms with Crippen LogP contribution in [0.2, 0.25) is 0 Å². The Morgan fingerprint density at radius 1 is 0.895 bits per heavy atom. The van der Waals surface area contributed by atoms with Gasteiger partial charge >= 0.3 is 0 Å². The minimum Gasteiger partial charge on any atom is -0.255 e. The van der Waals surface area contributed by atoms with Gasteiger partial charge in [0.2, 0.25) is 0 Å². The second-order valence-corrected chi connectivity index (χ2v) is 3.72. The first-order valence-corrected chi connectivity index (χ1v) is 5.63. The molecule has 3 heteroatoms. The van der Waals surface area contributed by atoms with Crippen LogP contribution in [0.5, 0.6) is 0 Å². The Morgan fingerprint density at radius 2 is 1.63 bits per heavy atom. The van der Waals surface area contributed by atoms with Gasteiger partial charge in [-0.15, -0.1) is 0 Å². The van der Waals surface area contributed by atoms with Gasteiger partial charge in [-0.25, -0.2) is 0 Å². The molecule has 0 aliphatic carbocycles. The molecule has 2 rings (SSSR count). The molecule has 0 saturated carbocycles. The van der Waals surface area contributed by atoms with Crippen LogP contribution in [0, 0.1) is 0 Å². The maximum absolute atomic E-state index is 4.45. The summed E-state index contributed by atoms with van der Waals surface area (Å²) in [5, 5.41) is 0. The van der Waals surface area contributed by atoms with Gasteiger partial charge in [0.05, 0.1) is 11.4 Å². The zero-order chi connectivity index (χ0) is 13.0. The molecular weight excluding hydrogens is 321 g/mol. The Bertz CT molecular complexity index is 604. The second kappa shape index (κ2) is 6.91. The molecule has 2 aromatic heterocycles. The van der Waals surface area contributed by atoms with Crippen molar-refractivity contribution in [1.82, 2.24) is 9.97 Å². The number of pyridine rings is 2. The van der Waals surface area contributed by atoms with E-state index in [0.29, 0.717) is 0 Å². The monoisotopic (exact) mass is 336 g/mol. The Balaban J connectivity index is 0.00000180. The van der Waals surface area contributed by atoms with E-state index in [9.17, 15) is 0 Å². The minimum atomic E-state index is 0. The van der Waals surface area contributed by atoms with Gasteiger partial charge in [-0.3, -0.25) is 9.97 Å². The zero-order valence-corrected chi connectivity index (χ0v) is 12.2. The number of hydrogen-bond acceptors (Lipinski definition) is 2. The van der Waals surface area contributed by atoms with Crippen LogP contribution in [0.4, 0.5) is 0 Å². The molecule has 0 atom stereocenters. The second-order valence-electron chi connectivity index (χ2n) is 3.72. The third-order valence-electron chi connectivity index (χ3n) is 2.72. The molecule has 0 aromatic carbocycles. The van der Waals surface area contributed by atoms with E-state index in [1.165, 1.54) is 0 Å². The quantitative estimate of drug-likeness (QED) is 0.787. The van der Waals surface area contributed by atoms with Crippen LogP contribution in [0.25, 0.3) is 29.6 Å². The largest absolute Gasteiger partial charge is 0.255 e. The molecule has 2 nitrogen and oxygen atoms in total. The minimum absolute atomic E-state index is 0. The van der Waals surface area contributed by atoms with Crippen LogP contribution in [0.1, 0.15) is 16.7 Å². The average molecular weight is 335 g/mol. The van der Waals surface area contributed by atoms with Crippen molar-refractivity contribution in [3.8, 4) is 11.4 Å². The van der Waals surface area contributed by atoms with Crippen molar-refractivity contribution < 1.29 is 19.5 Å². The molecule has 0 aliphatic heterocycles. The SMILES string of the molecule is C=Cc1cnc(-c2ccccn2)c(C=C)c1C=C.[Ru]. The molecular formula is C16H14N2Ru. The van der Waals surface area contributed by atoms with Crippen molar-refractivity contribution in [2.75, 3.05) is 0 Å². The number of hydrogen-bond donors (Lipinski definition) is 0. The molecule has 0 spiro atoms. The summed E-state index contributed by atoms with van der Waals surface area (Å²) in [6.07, 6.45) is 8.86. The van der Waals surface area contributed by atoms with E-state index in [0.717, 1.165) is 28.1 Å². The first-order valence-electron chi connectivity index (χ1n) is 5.63. The van der Waals surface area contributed by atoms with E-state index in [2.05, 4.69) is 29.7 Å². The smallest absolute Gasteiger partial charge is 0.0964 e. The molecule has 0 saturated heterocycles. The first-order chi connectivity index (χ1) is 8.81. The van der Waals surface area contributed by atoms with Crippen LogP contribution >= 0.6 is 0 Å². The van der Waals surface area contributed by atoms with Gasteiger partial charge < -0.3 is 0 Å².